The second kappa shape index (κ2) is 8.82. The minimum absolute atomic E-state index is 0.0304. The van der Waals surface area contributed by atoms with Gasteiger partial charge in [0, 0.05) is 49.5 Å². The molecule has 9 nitrogen and oxygen atoms in total. The third-order valence-electron chi connectivity index (χ3n) is 6.29. The highest BCUT2D eigenvalue weighted by molar-refractivity contribution is 7.89. The Balaban J connectivity index is 1.27. The Morgan fingerprint density at radius 1 is 1.06 bits per heavy atom. The van der Waals surface area contributed by atoms with E-state index in [0.717, 1.165) is 37.9 Å². The van der Waals surface area contributed by atoms with Gasteiger partial charge in [-0.25, -0.2) is 12.8 Å². The fourth-order valence-corrected chi connectivity index (χ4v) is 5.64. The van der Waals surface area contributed by atoms with Gasteiger partial charge in [0.25, 0.3) is 5.91 Å². The number of sulfonamides is 1. The molecular formula is C23H25FN6O3S. The summed E-state index contributed by atoms with van der Waals surface area (Å²) in [5, 5.41) is 9.74. The number of carbonyl (C=O) groups is 1. The first-order valence-electron chi connectivity index (χ1n) is 11.0. The van der Waals surface area contributed by atoms with Crippen LogP contribution in [0.4, 0.5) is 15.9 Å². The van der Waals surface area contributed by atoms with Crippen LogP contribution in [0.3, 0.4) is 0 Å². The lowest BCUT2D eigenvalue weighted by molar-refractivity contribution is 0.102. The van der Waals surface area contributed by atoms with Crippen LogP contribution in [0.1, 0.15) is 21.6 Å². The Hall–Kier alpha value is -3.28. The van der Waals surface area contributed by atoms with E-state index < -0.39 is 15.8 Å². The predicted molar refractivity (Wildman–Crippen MR) is 126 cm³/mol. The van der Waals surface area contributed by atoms with Crippen LogP contribution in [0.25, 0.3) is 0 Å². The molecule has 2 aliphatic rings. The molecule has 0 atom stereocenters. The van der Waals surface area contributed by atoms with Gasteiger partial charge in [-0.05, 0) is 49.5 Å². The third kappa shape index (κ3) is 4.29. The number of benzene rings is 2. The average molecular weight is 485 g/mol. The maximum absolute atomic E-state index is 13.6. The van der Waals surface area contributed by atoms with Crippen LogP contribution in [0.15, 0.2) is 53.4 Å². The van der Waals surface area contributed by atoms with E-state index in [9.17, 15) is 17.6 Å². The molecule has 0 saturated carbocycles. The molecule has 11 heteroatoms. The van der Waals surface area contributed by atoms with E-state index in [1.54, 1.807) is 12.1 Å². The molecule has 0 spiro atoms. The fraction of sp³-hybridized carbons (Fsp3) is 0.304. The van der Waals surface area contributed by atoms with Gasteiger partial charge in [0.05, 0.1) is 17.1 Å². The highest BCUT2D eigenvalue weighted by Gasteiger charge is 2.34. The van der Waals surface area contributed by atoms with Crippen molar-refractivity contribution in [2.24, 2.45) is 0 Å². The van der Waals surface area contributed by atoms with E-state index in [0.29, 0.717) is 22.6 Å². The molecule has 0 radical (unpaired) electrons. The van der Waals surface area contributed by atoms with Crippen LogP contribution < -0.4 is 10.2 Å². The SMILES string of the molecule is CN1CCN(c2ccc(C(=O)Nc3n[nH]c4c3CN(S(=O)(=O)c3cccc(F)c3)C4)cc2)CC1. The molecule has 1 fully saturated rings. The summed E-state index contributed by atoms with van der Waals surface area (Å²) < 4.78 is 40.6. The number of aromatic amines is 1. The molecule has 0 aliphatic carbocycles. The average Bonchev–Trinajstić information content (AvgIpc) is 3.42. The Morgan fingerprint density at radius 2 is 1.79 bits per heavy atom. The Kier molecular flexibility index (Phi) is 5.84. The number of carbonyl (C=O) groups excluding carboxylic acids is 1. The van der Waals surface area contributed by atoms with Crippen LogP contribution in [0.5, 0.6) is 0 Å². The zero-order chi connectivity index (χ0) is 23.9. The van der Waals surface area contributed by atoms with E-state index in [-0.39, 0.29) is 23.9 Å². The zero-order valence-electron chi connectivity index (χ0n) is 18.7. The molecule has 1 amide bonds. The van der Waals surface area contributed by atoms with Crippen molar-refractivity contribution >= 4 is 27.4 Å². The van der Waals surface area contributed by atoms with Gasteiger partial charge in [0.1, 0.15) is 5.82 Å². The summed E-state index contributed by atoms with van der Waals surface area (Å²) in [5.41, 5.74) is 2.75. The fourth-order valence-electron chi connectivity index (χ4n) is 4.23. The van der Waals surface area contributed by atoms with Crippen LogP contribution >= 0.6 is 0 Å². The predicted octanol–water partition coefficient (Wildman–Crippen LogP) is 2.26. The van der Waals surface area contributed by atoms with Crippen molar-refractivity contribution in [2.45, 2.75) is 18.0 Å². The zero-order valence-corrected chi connectivity index (χ0v) is 19.5. The molecule has 3 heterocycles. The highest BCUT2D eigenvalue weighted by Crippen LogP contribution is 2.32. The number of aromatic nitrogens is 2. The van der Waals surface area contributed by atoms with Gasteiger partial charge < -0.3 is 15.1 Å². The maximum atomic E-state index is 13.6. The number of piperazine rings is 1. The summed E-state index contributed by atoms with van der Waals surface area (Å²) in [4.78, 5) is 17.3. The van der Waals surface area contributed by atoms with E-state index in [4.69, 9.17) is 0 Å². The summed E-state index contributed by atoms with van der Waals surface area (Å²) in [6, 6.07) is 12.3. The second-order valence-corrected chi connectivity index (χ2v) is 10.5. The second-order valence-electron chi connectivity index (χ2n) is 8.55. The number of hydrogen-bond donors (Lipinski definition) is 2. The maximum Gasteiger partial charge on any atom is 0.256 e. The van der Waals surface area contributed by atoms with Crippen molar-refractivity contribution < 1.29 is 17.6 Å². The summed E-state index contributed by atoms with van der Waals surface area (Å²) in [5.74, 6) is -0.655. The number of amides is 1. The van der Waals surface area contributed by atoms with E-state index in [1.165, 1.54) is 22.5 Å². The topological polar surface area (TPSA) is 102 Å². The lowest BCUT2D eigenvalue weighted by atomic mass is 10.1. The van der Waals surface area contributed by atoms with Gasteiger partial charge in [-0.3, -0.25) is 9.89 Å². The van der Waals surface area contributed by atoms with E-state index in [2.05, 4.69) is 32.4 Å². The van der Waals surface area contributed by atoms with Crippen LogP contribution in [-0.4, -0.2) is 67.0 Å². The van der Waals surface area contributed by atoms with Gasteiger partial charge in [-0.2, -0.15) is 9.40 Å². The van der Waals surface area contributed by atoms with Crippen molar-refractivity contribution in [1.29, 1.82) is 0 Å². The summed E-state index contributed by atoms with van der Waals surface area (Å²) in [6.07, 6.45) is 0. The number of hydrogen-bond acceptors (Lipinski definition) is 6. The van der Waals surface area contributed by atoms with Crippen molar-refractivity contribution in [3.63, 3.8) is 0 Å². The number of H-pyrrole nitrogens is 1. The molecule has 178 valence electrons. The minimum Gasteiger partial charge on any atom is -0.369 e. The number of anilines is 2. The smallest absolute Gasteiger partial charge is 0.256 e. The lowest BCUT2D eigenvalue weighted by Gasteiger charge is -2.34. The highest BCUT2D eigenvalue weighted by atomic mass is 32.2. The first kappa shape index (κ1) is 22.5. The first-order valence-corrected chi connectivity index (χ1v) is 12.4. The lowest BCUT2D eigenvalue weighted by Crippen LogP contribution is -2.44. The molecule has 3 aromatic rings. The van der Waals surface area contributed by atoms with Crippen LogP contribution in [0.2, 0.25) is 0 Å². The van der Waals surface area contributed by atoms with Gasteiger partial charge in [0.2, 0.25) is 10.0 Å². The summed E-state index contributed by atoms with van der Waals surface area (Å²) in [7, 11) is -1.79. The third-order valence-corrected chi connectivity index (χ3v) is 8.07. The van der Waals surface area contributed by atoms with Crippen molar-refractivity contribution in [3.8, 4) is 0 Å². The van der Waals surface area contributed by atoms with Gasteiger partial charge >= 0.3 is 0 Å². The van der Waals surface area contributed by atoms with E-state index >= 15 is 0 Å². The quantitative estimate of drug-likeness (QED) is 0.576. The number of likely N-dealkylation sites (N-methyl/N-ethyl adjacent to an activating group) is 1. The van der Waals surface area contributed by atoms with Crippen LogP contribution in [0, 0.1) is 5.82 Å². The molecule has 2 N–H and O–H groups in total. The minimum atomic E-state index is -3.89. The molecule has 0 unspecified atom stereocenters. The van der Waals surface area contributed by atoms with Gasteiger partial charge in [-0.15, -0.1) is 0 Å². The van der Waals surface area contributed by atoms with Crippen LogP contribution in [-0.2, 0) is 23.1 Å². The molecule has 2 aromatic carbocycles. The molecule has 5 rings (SSSR count). The van der Waals surface area contributed by atoms with Gasteiger partial charge in [-0.1, -0.05) is 6.07 Å². The Labute approximate surface area is 197 Å². The largest absolute Gasteiger partial charge is 0.369 e. The molecule has 1 saturated heterocycles. The molecule has 1 aromatic heterocycles. The first-order chi connectivity index (χ1) is 16.3. The monoisotopic (exact) mass is 484 g/mol. The normalized spacial score (nSPS) is 17.1. The van der Waals surface area contributed by atoms with Crippen molar-refractivity contribution in [2.75, 3.05) is 43.4 Å². The van der Waals surface area contributed by atoms with Gasteiger partial charge in [0.15, 0.2) is 5.82 Å². The molecule has 2 aliphatic heterocycles. The molecule has 0 bridgehead atoms. The van der Waals surface area contributed by atoms with Crippen molar-refractivity contribution in [1.82, 2.24) is 19.4 Å². The molecular weight excluding hydrogens is 459 g/mol. The number of rotatable bonds is 5. The van der Waals surface area contributed by atoms with E-state index in [1.807, 2.05) is 12.1 Å². The van der Waals surface area contributed by atoms with Crippen molar-refractivity contribution in [3.05, 3.63) is 71.2 Å². The number of nitrogens with zero attached hydrogens (tertiary/aromatic N) is 4. The molecule has 34 heavy (non-hydrogen) atoms. The summed E-state index contributed by atoms with van der Waals surface area (Å²) >= 11 is 0. The Bertz CT molecular complexity index is 1320. The number of halogens is 1. The Morgan fingerprint density at radius 3 is 2.50 bits per heavy atom. The summed E-state index contributed by atoms with van der Waals surface area (Å²) in [6.45, 7) is 3.98. The number of nitrogens with one attached hydrogen (secondary N) is 2. The number of fused-ring (bicyclic) bond motifs is 1. The standard InChI is InChI=1S/C23H25FN6O3S/c1-28-9-11-29(12-10-28)18-7-5-16(6-8-18)23(31)25-22-20-14-30(15-21(20)26-27-22)34(32,33)19-4-2-3-17(24)13-19/h2-8,13H,9-12,14-15H2,1H3,(H2,25,26,27,31).